The Kier molecular flexibility index (Phi) is 8.69. The van der Waals surface area contributed by atoms with Gasteiger partial charge in [-0.15, -0.1) is 0 Å². The fraction of sp³-hybridized carbons (Fsp3) is 0.542. The Hall–Kier alpha value is -3.03. The van der Waals surface area contributed by atoms with Gasteiger partial charge in [0.25, 0.3) is 5.91 Å². The summed E-state index contributed by atoms with van der Waals surface area (Å²) in [7, 11) is 4.60. The molecular weight excluding hydrogens is 414 g/mol. The van der Waals surface area contributed by atoms with Crippen molar-refractivity contribution in [2.24, 2.45) is 5.41 Å². The molecule has 1 saturated heterocycles. The predicted octanol–water partition coefficient (Wildman–Crippen LogP) is 3.27. The first-order valence-corrected chi connectivity index (χ1v) is 10.7. The van der Waals surface area contributed by atoms with Crippen LogP contribution >= 0.6 is 0 Å². The number of esters is 1. The van der Waals surface area contributed by atoms with Gasteiger partial charge < -0.3 is 23.8 Å². The second-order valence-corrected chi connectivity index (χ2v) is 8.21. The summed E-state index contributed by atoms with van der Waals surface area (Å²) in [6, 6.07) is 2.82. The molecular formula is C24H33NO7. The second-order valence-electron chi connectivity index (χ2n) is 8.21. The third-order valence-corrected chi connectivity index (χ3v) is 5.80. The van der Waals surface area contributed by atoms with Crippen LogP contribution in [-0.2, 0) is 19.1 Å². The van der Waals surface area contributed by atoms with Gasteiger partial charge in [0.05, 0.1) is 21.3 Å². The lowest BCUT2D eigenvalue weighted by molar-refractivity contribution is -0.156. The summed E-state index contributed by atoms with van der Waals surface area (Å²) in [6.07, 6.45) is 5.15. The summed E-state index contributed by atoms with van der Waals surface area (Å²) in [5.74, 6) is -0.0596. The van der Waals surface area contributed by atoms with Crippen LogP contribution in [0.1, 0.15) is 45.6 Å². The number of ether oxygens (including phenoxy) is 4. The van der Waals surface area contributed by atoms with E-state index >= 15 is 0 Å². The molecule has 1 atom stereocenters. The van der Waals surface area contributed by atoms with Crippen LogP contribution < -0.4 is 14.2 Å². The maximum absolute atomic E-state index is 12.7. The van der Waals surface area contributed by atoms with Crippen molar-refractivity contribution in [1.29, 1.82) is 0 Å². The molecule has 1 fully saturated rings. The number of hydrogen-bond donors (Lipinski definition) is 0. The monoisotopic (exact) mass is 447 g/mol. The SMILES string of the molecule is CCC(C)(C)C(=O)C(=O)N1CCCC1C(=O)OC/C=C/c1cc(OC)c(OC)c(OC)c1. The number of hydrogen-bond acceptors (Lipinski definition) is 7. The minimum Gasteiger partial charge on any atom is -0.493 e. The van der Waals surface area contributed by atoms with Gasteiger partial charge in [-0.05, 0) is 43.0 Å². The fourth-order valence-corrected chi connectivity index (χ4v) is 3.44. The number of nitrogens with zero attached hydrogens (tertiary/aromatic N) is 1. The molecule has 2 rings (SSSR count). The van der Waals surface area contributed by atoms with E-state index < -0.39 is 29.1 Å². The Bertz CT molecular complexity index is 850. The molecule has 0 bridgehead atoms. The highest BCUT2D eigenvalue weighted by molar-refractivity contribution is 6.38. The van der Waals surface area contributed by atoms with E-state index in [2.05, 4.69) is 0 Å². The first kappa shape index (κ1) is 25.2. The maximum Gasteiger partial charge on any atom is 0.329 e. The normalized spacial score (nSPS) is 16.2. The van der Waals surface area contributed by atoms with Gasteiger partial charge in [0.2, 0.25) is 11.5 Å². The molecule has 0 saturated carbocycles. The van der Waals surface area contributed by atoms with Gasteiger partial charge in [-0.1, -0.05) is 26.8 Å². The van der Waals surface area contributed by atoms with E-state index in [0.717, 1.165) is 5.56 Å². The average Bonchev–Trinajstić information content (AvgIpc) is 3.29. The number of amides is 1. The Labute approximate surface area is 189 Å². The van der Waals surface area contributed by atoms with E-state index in [1.165, 1.54) is 26.2 Å². The lowest BCUT2D eigenvalue weighted by Gasteiger charge is -2.27. The van der Waals surface area contributed by atoms with Crippen molar-refractivity contribution in [3.05, 3.63) is 23.8 Å². The number of Topliss-reactive ketones (excluding diaryl/α,β-unsaturated/α-hetero) is 1. The molecule has 1 heterocycles. The molecule has 1 aromatic rings. The van der Waals surface area contributed by atoms with Crippen LogP contribution in [-0.4, -0.2) is 63.1 Å². The van der Waals surface area contributed by atoms with Gasteiger partial charge in [-0.25, -0.2) is 4.79 Å². The standard InChI is InChI=1S/C24H33NO7/c1-7-24(2,3)21(26)22(27)25-12-8-11-17(25)23(28)32-13-9-10-16-14-18(29-4)20(31-6)19(15-16)30-5/h9-10,14-15,17H,7-8,11-13H2,1-6H3/b10-9+. The van der Waals surface area contributed by atoms with E-state index in [0.29, 0.717) is 43.1 Å². The number of methoxy groups -OCH3 is 3. The molecule has 176 valence electrons. The van der Waals surface area contributed by atoms with Gasteiger partial charge in [0.1, 0.15) is 12.6 Å². The molecule has 0 spiro atoms. The number of carbonyl (C=O) groups excluding carboxylic acids is 3. The molecule has 0 radical (unpaired) electrons. The molecule has 0 aliphatic carbocycles. The minimum absolute atomic E-state index is 0.0302. The summed E-state index contributed by atoms with van der Waals surface area (Å²) in [5.41, 5.74) is 0.0257. The van der Waals surface area contributed by atoms with Crippen LogP contribution in [0.5, 0.6) is 17.2 Å². The van der Waals surface area contributed by atoms with Crippen molar-refractivity contribution >= 4 is 23.7 Å². The molecule has 8 heteroatoms. The Morgan fingerprint density at radius 3 is 2.25 bits per heavy atom. The molecule has 0 aromatic heterocycles. The quantitative estimate of drug-likeness (QED) is 0.402. The zero-order valence-corrected chi connectivity index (χ0v) is 19.7. The van der Waals surface area contributed by atoms with E-state index in [1.807, 2.05) is 6.92 Å². The van der Waals surface area contributed by atoms with Crippen molar-refractivity contribution in [1.82, 2.24) is 4.90 Å². The molecule has 0 N–H and O–H groups in total. The lowest BCUT2D eigenvalue weighted by atomic mass is 9.84. The van der Waals surface area contributed by atoms with Crippen LogP contribution in [0.15, 0.2) is 18.2 Å². The largest absolute Gasteiger partial charge is 0.493 e. The van der Waals surface area contributed by atoms with Gasteiger partial charge in [0, 0.05) is 12.0 Å². The van der Waals surface area contributed by atoms with Crippen molar-refractivity contribution in [2.45, 2.75) is 46.1 Å². The molecule has 32 heavy (non-hydrogen) atoms. The van der Waals surface area contributed by atoms with Crippen LogP contribution in [0, 0.1) is 5.41 Å². The fourth-order valence-electron chi connectivity index (χ4n) is 3.44. The molecule has 8 nitrogen and oxygen atoms in total. The lowest BCUT2D eigenvalue weighted by Crippen LogP contribution is -2.47. The Morgan fingerprint density at radius 2 is 1.72 bits per heavy atom. The molecule has 1 aromatic carbocycles. The first-order valence-electron chi connectivity index (χ1n) is 10.7. The van der Waals surface area contributed by atoms with Crippen molar-refractivity contribution < 1.29 is 33.3 Å². The number of benzene rings is 1. The third kappa shape index (κ3) is 5.60. The number of rotatable bonds is 10. The topological polar surface area (TPSA) is 91.4 Å². The number of likely N-dealkylation sites (tertiary alicyclic amines) is 1. The second kappa shape index (κ2) is 11.0. The summed E-state index contributed by atoms with van der Waals surface area (Å²) in [6.45, 7) is 5.75. The minimum atomic E-state index is -0.753. The molecule has 1 amide bonds. The van der Waals surface area contributed by atoms with Gasteiger partial charge >= 0.3 is 5.97 Å². The highest BCUT2D eigenvalue weighted by atomic mass is 16.5. The molecule has 1 aliphatic rings. The average molecular weight is 448 g/mol. The Morgan fingerprint density at radius 1 is 1.09 bits per heavy atom. The van der Waals surface area contributed by atoms with Crippen LogP contribution in [0.4, 0.5) is 0 Å². The van der Waals surface area contributed by atoms with Gasteiger partial charge in [0.15, 0.2) is 11.5 Å². The van der Waals surface area contributed by atoms with E-state index in [1.54, 1.807) is 38.1 Å². The van der Waals surface area contributed by atoms with Crippen molar-refractivity contribution in [3.8, 4) is 17.2 Å². The van der Waals surface area contributed by atoms with Crippen LogP contribution in [0.2, 0.25) is 0 Å². The number of carbonyl (C=O) groups is 3. The Balaban J connectivity index is 2.01. The summed E-state index contributed by atoms with van der Waals surface area (Å²) in [5, 5.41) is 0. The van der Waals surface area contributed by atoms with Gasteiger partial charge in [-0.2, -0.15) is 0 Å². The van der Waals surface area contributed by atoms with Crippen molar-refractivity contribution in [3.63, 3.8) is 0 Å². The summed E-state index contributed by atoms with van der Waals surface area (Å²) in [4.78, 5) is 39.1. The van der Waals surface area contributed by atoms with E-state index in [9.17, 15) is 14.4 Å². The predicted molar refractivity (Wildman–Crippen MR) is 120 cm³/mol. The summed E-state index contributed by atoms with van der Waals surface area (Å²) < 4.78 is 21.3. The smallest absolute Gasteiger partial charge is 0.329 e. The van der Waals surface area contributed by atoms with Crippen molar-refractivity contribution in [2.75, 3.05) is 34.5 Å². The summed E-state index contributed by atoms with van der Waals surface area (Å²) >= 11 is 0. The van der Waals surface area contributed by atoms with Gasteiger partial charge in [-0.3, -0.25) is 9.59 Å². The molecule has 1 aliphatic heterocycles. The molecule has 1 unspecified atom stereocenters. The van der Waals surface area contributed by atoms with E-state index in [-0.39, 0.29) is 6.61 Å². The first-order chi connectivity index (χ1) is 15.2. The maximum atomic E-state index is 12.7. The van der Waals surface area contributed by atoms with E-state index in [4.69, 9.17) is 18.9 Å². The highest BCUT2D eigenvalue weighted by Gasteiger charge is 2.41. The third-order valence-electron chi connectivity index (χ3n) is 5.80. The highest BCUT2D eigenvalue weighted by Crippen LogP contribution is 2.38. The van der Waals surface area contributed by atoms with Crippen LogP contribution in [0.3, 0.4) is 0 Å². The zero-order chi connectivity index (χ0) is 23.9. The zero-order valence-electron chi connectivity index (χ0n) is 19.7. The van der Waals surface area contributed by atoms with Crippen LogP contribution in [0.25, 0.3) is 6.08 Å². The number of ketones is 1.